The summed E-state index contributed by atoms with van der Waals surface area (Å²) in [6.45, 7) is -0.397. The minimum absolute atomic E-state index is 0.0981. The van der Waals surface area contributed by atoms with Crippen molar-refractivity contribution in [3.63, 3.8) is 0 Å². The molecule has 0 fully saturated rings. The van der Waals surface area contributed by atoms with Crippen LogP contribution in [0.5, 0.6) is 0 Å². The molecule has 11 heteroatoms. The molecule has 0 unspecified atom stereocenters. The summed E-state index contributed by atoms with van der Waals surface area (Å²) in [6, 6.07) is 8.51. The Labute approximate surface area is 142 Å². The number of primary sulfonamides is 1. The van der Waals surface area contributed by atoms with E-state index in [4.69, 9.17) is 5.14 Å². The Bertz CT molecular complexity index is 987. The molecule has 136 valence electrons. The maximum Gasteiger partial charge on any atom is 0.416 e. The average Bonchev–Trinajstić information content (AvgIpc) is 2.52. The van der Waals surface area contributed by atoms with Crippen LogP contribution in [-0.4, -0.2) is 16.8 Å². The third-order valence-corrected chi connectivity index (χ3v) is 5.47. The SMILES string of the molecule is NS(=O)(=O)c1cccc(S(=O)(=O)NCc2cccc(C(F)(F)F)c2)c1. The number of nitrogens with one attached hydrogen (secondary N) is 1. The van der Waals surface area contributed by atoms with Crippen molar-refractivity contribution in [2.24, 2.45) is 5.14 Å². The van der Waals surface area contributed by atoms with E-state index in [0.717, 1.165) is 36.4 Å². The Morgan fingerprint density at radius 1 is 0.920 bits per heavy atom. The van der Waals surface area contributed by atoms with Crippen molar-refractivity contribution in [2.75, 3.05) is 0 Å². The fourth-order valence-electron chi connectivity index (χ4n) is 1.94. The van der Waals surface area contributed by atoms with Crippen molar-refractivity contribution >= 4 is 20.0 Å². The lowest BCUT2D eigenvalue weighted by Crippen LogP contribution is -2.24. The van der Waals surface area contributed by atoms with Gasteiger partial charge in [0.15, 0.2) is 0 Å². The number of benzene rings is 2. The molecule has 0 saturated heterocycles. The van der Waals surface area contributed by atoms with Gasteiger partial charge in [-0.05, 0) is 29.8 Å². The van der Waals surface area contributed by atoms with Crippen molar-refractivity contribution in [3.05, 3.63) is 59.7 Å². The zero-order valence-electron chi connectivity index (χ0n) is 12.5. The van der Waals surface area contributed by atoms with Crippen LogP contribution in [0.25, 0.3) is 0 Å². The summed E-state index contributed by atoms with van der Waals surface area (Å²) in [7, 11) is -8.23. The van der Waals surface area contributed by atoms with Gasteiger partial charge in [0.2, 0.25) is 20.0 Å². The second-order valence-corrected chi connectivity index (χ2v) is 8.37. The molecule has 0 bridgehead atoms. The first-order chi connectivity index (χ1) is 11.4. The van der Waals surface area contributed by atoms with E-state index in [9.17, 15) is 30.0 Å². The number of nitrogens with two attached hydrogens (primary N) is 1. The van der Waals surface area contributed by atoms with E-state index in [0.29, 0.717) is 0 Å². The zero-order chi connectivity index (χ0) is 18.9. The van der Waals surface area contributed by atoms with Crippen LogP contribution >= 0.6 is 0 Å². The van der Waals surface area contributed by atoms with Crippen LogP contribution in [0.3, 0.4) is 0 Å². The minimum Gasteiger partial charge on any atom is -0.225 e. The largest absolute Gasteiger partial charge is 0.416 e. The molecule has 0 radical (unpaired) electrons. The van der Waals surface area contributed by atoms with Gasteiger partial charge in [-0.1, -0.05) is 24.3 Å². The van der Waals surface area contributed by atoms with Gasteiger partial charge in [-0.3, -0.25) is 0 Å². The first-order valence-corrected chi connectivity index (χ1v) is 9.71. The molecule has 0 atom stereocenters. The van der Waals surface area contributed by atoms with E-state index in [-0.39, 0.29) is 10.5 Å². The van der Waals surface area contributed by atoms with Crippen LogP contribution in [0.2, 0.25) is 0 Å². The van der Waals surface area contributed by atoms with Crippen LogP contribution in [0.4, 0.5) is 13.2 Å². The molecule has 25 heavy (non-hydrogen) atoms. The van der Waals surface area contributed by atoms with Gasteiger partial charge in [0.1, 0.15) is 0 Å². The van der Waals surface area contributed by atoms with Crippen LogP contribution in [0.15, 0.2) is 58.3 Å². The molecular weight excluding hydrogens is 381 g/mol. The molecular formula is C14H13F3N2O4S2. The highest BCUT2D eigenvalue weighted by Gasteiger charge is 2.30. The second kappa shape index (κ2) is 6.75. The van der Waals surface area contributed by atoms with Crippen molar-refractivity contribution in [1.82, 2.24) is 4.72 Å². The average molecular weight is 394 g/mol. The first kappa shape index (κ1) is 19.4. The molecule has 3 N–H and O–H groups in total. The summed E-state index contributed by atoms with van der Waals surface area (Å²) in [6.07, 6.45) is -4.54. The van der Waals surface area contributed by atoms with Gasteiger partial charge in [0.25, 0.3) is 0 Å². The van der Waals surface area contributed by atoms with Crippen LogP contribution in [0, 0.1) is 0 Å². The topological polar surface area (TPSA) is 106 Å². The molecule has 0 saturated carbocycles. The first-order valence-electron chi connectivity index (χ1n) is 6.68. The summed E-state index contributed by atoms with van der Waals surface area (Å²) in [5.41, 5.74) is -0.804. The molecule has 6 nitrogen and oxygen atoms in total. The Morgan fingerprint density at radius 2 is 1.52 bits per heavy atom. The summed E-state index contributed by atoms with van der Waals surface area (Å²) >= 11 is 0. The van der Waals surface area contributed by atoms with Crippen LogP contribution in [0.1, 0.15) is 11.1 Å². The monoisotopic (exact) mass is 394 g/mol. The van der Waals surface area contributed by atoms with Gasteiger partial charge in [-0.15, -0.1) is 0 Å². The van der Waals surface area contributed by atoms with Gasteiger partial charge >= 0.3 is 6.18 Å². The predicted molar refractivity (Wildman–Crippen MR) is 83.3 cm³/mol. The number of halogens is 3. The highest BCUT2D eigenvalue weighted by Crippen LogP contribution is 2.29. The van der Waals surface area contributed by atoms with Crippen molar-refractivity contribution < 1.29 is 30.0 Å². The van der Waals surface area contributed by atoms with Gasteiger partial charge in [0.05, 0.1) is 15.4 Å². The molecule has 0 aliphatic heterocycles. The van der Waals surface area contributed by atoms with Crippen LogP contribution in [-0.2, 0) is 32.8 Å². The maximum atomic E-state index is 12.7. The Kier molecular flexibility index (Phi) is 5.23. The summed E-state index contributed by atoms with van der Waals surface area (Å²) < 4.78 is 87.0. The molecule has 2 aromatic rings. The molecule has 0 aromatic heterocycles. The fourth-order valence-corrected chi connectivity index (χ4v) is 3.63. The lowest BCUT2D eigenvalue weighted by molar-refractivity contribution is -0.137. The summed E-state index contributed by atoms with van der Waals surface area (Å²) in [5, 5.41) is 4.94. The lowest BCUT2D eigenvalue weighted by Gasteiger charge is -2.10. The van der Waals surface area contributed by atoms with E-state index in [1.54, 1.807) is 0 Å². The fraction of sp³-hybridized carbons (Fsp3) is 0.143. The van der Waals surface area contributed by atoms with Crippen molar-refractivity contribution in [1.29, 1.82) is 0 Å². The normalized spacial score (nSPS) is 13.0. The predicted octanol–water partition coefficient (Wildman–Crippen LogP) is 1.83. The molecule has 0 amide bonds. The number of hydrogen-bond donors (Lipinski definition) is 2. The molecule has 0 aliphatic carbocycles. The van der Waals surface area contributed by atoms with Gasteiger partial charge < -0.3 is 0 Å². The zero-order valence-corrected chi connectivity index (χ0v) is 14.1. The molecule has 2 aromatic carbocycles. The molecule has 2 rings (SSSR count). The standard InChI is InChI=1S/C14H13F3N2O4S2/c15-14(16,17)11-4-1-3-10(7-11)9-19-25(22,23)13-6-2-5-12(8-13)24(18,20)21/h1-8,19H,9H2,(H2,18,20,21). The van der Waals surface area contributed by atoms with E-state index in [2.05, 4.69) is 4.72 Å². The van der Waals surface area contributed by atoms with Crippen molar-refractivity contribution in [3.8, 4) is 0 Å². The lowest BCUT2D eigenvalue weighted by atomic mass is 10.1. The minimum atomic E-state index is -4.54. The third kappa shape index (κ3) is 5.01. The Morgan fingerprint density at radius 3 is 2.12 bits per heavy atom. The molecule has 0 heterocycles. The van der Waals surface area contributed by atoms with Gasteiger partial charge in [0, 0.05) is 6.54 Å². The molecule has 0 spiro atoms. The smallest absolute Gasteiger partial charge is 0.225 e. The molecule has 0 aliphatic rings. The summed E-state index contributed by atoms with van der Waals surface area (Å²) in [4.78, 5) is -0.763. The third-order valence-electron chi connectivity index (χ3n) is 3.16. The Hall–Kier alpha value is -1.95. The number of sulfonamides is 2. The second-order valence-electron chi connectivity index (χ2n) is 5.04. The van der Waals surface area contributed by atoms with E-state index in [1.165, 1.54) is 12.1 Å². The number of alkyl halides is 3. The highest BCUT2D eigenvalue weighted by molar-refractivity contribution is 7.90. The van der Waals surface area contributed by atoms with Gasteiger partial charge in [-0.2, -0.15) is 13.2 Å². The number of hydrogen-bond acceptors (Lipinski definition) is 4. The van der Waals surface area contributed by atoms with E-state index >= 15 is 0 Å². The highest BCUT2D eigenvalue weighted by atomic mass is 32.2. The van der Waals surface area contributed by atoms with Crippen LogP contribution < -0.4 is 9.86 Å². The Balaban J connectivity index is 2.23. The van der Waals surface area contributed by atoms with Gasteiger partial charge in [-0.25, -0.2) is 26.7 Å². The summed E-state index contributed by atoms with van der Waals surface area (Å²) in [5.74, 6) is 0. The number of rotatable bonds is 5. The van der Waals surface area contributed by atoms with E-state index in [1.807, 2.05) is 0 Å². The van der Waals surface area contributed by atoms with Crippen molar-refractivity contribution in [2.45, 2.75) is 22.5 Å². The maximum absolute atomic E-state index is 12.7. The van der Waals surface area contributed by atoms with E-state index < -0.39 is 43.2 Å². The quantitative estimate of drug-likeness (QED) is 0.807.